The summed E-state index contributed by atoms with van der Waals surface area (Å²) in [5.41, 5.74) is 0. The summed E-state index contributed by atoms with van der Waals surface area (Å²) in [5, 5.41) is 2.37. The molecule has 0 heterocycles. The molecule has 0 aromatic rings. The van der Waals surface area contributed by atoms with Gasteiger partial charge in [0.15, 0.2) is 0 Å². The Bertz CT molecular complexity index is 228. The molecule has 1 unspecified atom stereocenters. The zero-order valence-corrected chi connectivity index (χ0v) is 11.7. The molecule has 7 heteroatoms. The number of halogens is 3. The van der Waals surface area contributed by atoms with E-state index in [0.717, 1.165) is 0 Å². The molecule has 0 aliphatic rings. The van der Waals surface area contributed by atoms with Crippen LogP contribution in [0.5, 0.6) is 0 Å². The van der Waals surface area contributed by atoms with Gasteiger partial charge in [-0.25, -0.2) is 0 Å². The molecule has 0 radical (unpaired) electrons. The van der Waals surface area contributed by atoms with Crippen molar-refractivity contribution in [1.29, 1.82) is 0 Å². The number of nitrogens with one attached hydrogen (secondary N) is 1. The smallest absolute Gasteiger partial charge is 0.274 e. The summed E-state index contributed by atoms with van der Waals surface area (Å²) in [7, 11) is 0. The lowest BCUT2D eigenvalue weighted by Crippen LogP contribution is -2.29. The fourth-order valence-electron chi connectivity index (χ4n) is 0.816. The van der Waals surface area contributed by atoms with Crippen molar-refractivity contribution < 1.29 is 13.3 Å². The van der Waals surface area contributed by atoms with E-state index in [-0.39, 0.29) is 6.04 Å². The van der Waals surface area contributed by atoms with Gasteiger partial charge in [-0.05, 0) is 13.8 Å². The molecule has 1 N–H and O–H groups in total. The topological polar surface area (TPSA) is 21.3 Å². The molecule has 0 amide bonds. The fraction of sp³-hybridized carbons (Fsp3) is 1.00. The minimum atomic E-state index is -3.19. The third-order valence-corrected chi connectivity index (χ3v) is 5.58. The summed E-state index contributed by atoms with van der Waals surface area (Å²) in [6.07, 6.45) is -5.37. The van der Waals surface area contributed by atoms with E-state index in [1.165, 1.54) is 0 Å². The lowest BCUT2D eigenvalue weighted by Gasteiger charge is -2.28. The molecule has 0 fully saturated rings. The van der Waals surface area contributed by atoms with Gasteiger partial charge in [-0.3, -0.25) is 9.61 Å². The monoisotopic (exact) mass is 309 g/mol. The quantitative estimate of drug-likeness (QED) is 0.601. The first-order valence-electron chi connectivity index (χ1n) is 4.26. The van der Waals surface area contributed by atoms with Crippen molar-refractivity contribution in [1.82, 2.24) is 5.09 Å². The van der Waals surface area contributed by atoms with Crippen LogP contribution in [0.2, 0.25) is 0 Å². The maximum Gasteiger partial charge on any atom is 0.369 e. The lowest BCUT2D eigenvalue weighted by atomic mass is 10.4. The van der Waals surface area contributed by atoms with Crippen LogP contribution in [0, 0.1) is 0 Å². The van der Waals surface area contributed by atoms with E-state index in [1.807, 2.05) is 13.8 Å². The molecule has 2 nitrogen and oxygen atoms in total. The van der Waals surface area contributed by atoms with Gasteiger partial charge >= 0.3 is 6.11 Å². The van der Waals surface area contributed by atoms with Crippen molar-refractivity contribution in [2.45, 2.75) is 32.9 Å². The van der Waals surface area contributed by atoms with Crippen LogP contribution in [-0.2, 0) is 16.3 Å². The second kappa shape index (κ2) is 5.85. The molecule has 0 saturated heterocycles. The summed E-state index contributed by atoms with van der Waals surface area (Å²) < 4.78 is 30.5. The molecule has 0 aliphatic heterocycles. The Morgan fingerprint density at radius 2 is 2.07 bits per heavy atom. The second-order valence-electron chi connectivity index (χ2n) is 3.14. The van der Waals surface area contributed by atoms with Crippen LogP contribution in [0.1, 0.15) is 20.8 Å². The maximum absolute atomic E-state index is 12.9. The van der Waals surface area contributed by atoms with Crippen LogP contribution in [-0.4, -0.2) is 23.6 Å². The largest absolute Gasteiger partial charge is 0.369 e. The normalized spacial score (nSPS) is 17.1. The minimum Gasteiger partial charge on any atom is -0.274 e. The average molecular weight is 310 g/mol. The number of hydrogen-bond acceptors (Lipinski definition) is 2. The van der Waals surface area contributed by atoms with Gasteiger partial charge in [-0.1, -0.05) is 34.7 Å². The first-order chi connectivity index (χ1) is 6.24. The molecular weight excluding hydrogens is 295 g/mol. The average Bonchev–Trinajstić information content (AvgIpc) is 2.02. The van der Waals surface area contributed by atoms with Crippen molar-refractivity contribution in [3.63, 3.8) is 0 Å². The van der Waals surface area contributed by atoms with Crippen molar-refractivity contribution >= 4 is 34.2 Å². The van der Waals surface area contributed by atoms with Crippen LogP contribution in [0.25, 0.3) is 0 Å². The second-order valence-corrected chi connectivity index (χ2v) is 7.89. The van der Waals surface area contributed by atoms with E-state index < -0.39 is 17.9 Å². The van der Waals surface area contributed by atoms with Gasteiger partial charge in [-0.2, -0.15) is 8.78 Å². The third-order valence-electron chi connectivity index (χ3n) is 1.31. The van der Waals surface area contributed by atoms with Crippen LogP contribution in [0.4, 0.5) is 8.78 Å². The van der Waals surface area contributed by atoms with Gasteiger partial charge in [0.05, 0.1) is 5.33 Å². The standard InChI is InChI=1S/C7H15BrF2NOPS/c1-4-13(14,11-6(2)3)12-7(9,10)5-8/h6H,4-5H2,1-3H3,(H,11,14). The van der Waals surface area contributed by atoms with Gasteiger partial charge in [-0.15, -0.1) is 0 Å². The van der Waals surface area contributed by atoms with Gasteiger partial charge in [0.1, 0.15) is 6.42 Å². The highest BCUT2D eigenvalue weighted by atomic mass is 79.9. The number of alkyl halides is 3. The van der Waals surface area contributed by atoms with Gasteiger partial charge in [0.25, 0.3) is 0 Å². The van der Waals surface area contributed by atoms with E-state index in [2.05, 4.69) is 25.5 Å². The van der Waals surface area contributed by atoms with Crippen molar-refractivity contribution in [3.8, 4) is 0 Å². The summed E-state index contributed by atoms with van der Waals surface area (Å²) in [4.78, 5) is 0. The highest BCUT2D eigenvalue weighted by Crippen LogP contribution is 2.48. The zero-order valence-electron chi connectivity index (χ0n) is 8.39. The molecule has 0 rings (SSSR count). The molecule has 14 heavy (non-hydrogen) atoms. The van der Waals surface area contributed by atoms with E-state index in [9.17, 15) is 8.78 Å². The maximum atomic E-state index is 12.9. The Kier molecular flexibility index (Phi) is 6.23. The fourth-order valence-corrected chi connectivity index (χ4v) is 3.71. The van der Waals surface area contributed by atoms with E-state index >= 15 is 0 Å². The lowest BCUT2D eigenvalue weighted by molar-refractivity contribution is -0.149. The summed E-state index contributed by atoms with van der Waals surface area (Å²) >= 11 is 7.76. The van der Waals surface area contributed by atoms with E-state index in [4.69, 9.17) is 11.8 Å². The summed E-state index contributed by atoms with van der Waals surface area (Å²) in [6, 6.07) is 0.0481. The van der Waals surface area contributed by atoms with Crippen molar-refractivity contribution in [3.05, 3.63) is 0 Å². The van der Waals surface area contributed by atoms with Crippen molar-refractivity contribution in [2.24, 2.45) is 0 Å². The highest BCUT2D eigenvalue weighted by molar-refractivity contribution is 9.09. The zero-order chi connectivity index (χ0) is 11.4. The van der Waals surface area contributed by atoms with Crippen LogP contribution in [0.15, 0.2) is 0 Å². The molecule has 86 valence electrons. The molecule has 0 bridgehead atoms. The van der Waals surface area contributed by atoms with Gasteiger partial charge in [0.2, 0.25) is 0 Å². The molecule has 0 saturated carbocycles. The van der Waals surface area contributed by atoms with Crippen LogP contribution in [0.3, 0.4) is 0 Å². The summed E-state index contributed by atoms with van der Waals surface area (Å²) in [6.45, 7) is 5.46. The first kappa shape index (κ1) is 14.9. The minimum absolute atomic E-state index is 0.0481. The molecule has 0 aliphatic carbocycles. The number of hydrogen-bond donors (Lipinski definition) is 1. The molecular formula is C7H15BrF2NOPS. The Morgan fingerprint density at radius 3 is 2.36 bits per heavy atom. The van der Waals surface area contributed by atoms with E-state index in [0.29, 0.717) is 6.16 Å². The Balaban J connectivity index is 4.48. The first-order valence-corrected chi connectivity index (χ1v) is 8.29. The molecule has 0 aromatic heterocycles. The highest BCUT2D eigenvalue weighted by Gasteiger charge is 2.35. The predicted octanol–water partition coefficient (Wildman–Crippen LogP) is 3.32. The summed E-state index contributed by atoms with van der Waals surface area (Å²) in [5.74, 6) is 0. The van der Waals surface area contributed by atoms with Crippen LogP contribution >= 0.6 is 22.3 Å². The molecule has 1 atom stereocenters. The Labute approximate surface area is 97.1 Å². The van der Waals surface area contributed by atoms with E-state index in [1.54, 1.807) is 6.92 Å². The Hall–Kier alpha value is 0.910. The number of rotatable bonds is 6. The third kappa shape index (κ3) is 5.71. The van der Waals surface area contributed by atoms with Crippen LogP contribution < -0.4 is 5.09 Å². The SMILES string of the molecule is CCP(=S)(NC(C)C)OC(F)(F)CBr. The predicted molar refractivity (Wildman–Crippen MR) is 62.9 cm³/mol. The van der Waals surface area contributed by atoms with Crippen molar-refractivity contribution in [2.75, 3.05) is 11.5 Å². The Morgan fingerprint density at radius 1 is 1.57 bits per heavy atom. The van der Waals surface area contributed by atoms with Gasteiger partial charge in [0, 0.05) is 12.2 Å². The van der Waals surface area contributed by atoms with Gasteiger partial charge < -0.3 is 0 Å². The molecule has 0 spiro atoms. The molecule has 0 aromatic carbocycles.